The van der Waals surface area contributed by atoms with Crippen molar-refractivity contribution in [3.8, 4) is 0 Å². The molecule has 0 aliphatic carbocycles. The van der Waals surface area contributed by atoms with Gasteiger partial charge in [-0.1, -0.05) is 12.2 Å². The number of nitrogens with one attached hydrogen (secondary N) is 1. The van der Waals surface area contributed by atoms with Gasteiger partial charge in [0.1, 0.15) is 0 Å². The molecular weight excluding hydrogens is 114 g/mol. The van der Waals surface area contributed by atoms with E-state index >= 15 is 0 Å². The van der Waals surface area contributed by atoms with Crippen LogP contribution in [0.25, 0.3) is 0 Å². The molecule has 0 aromatic heterocycles. The van der Waals surface area contributed by atoms with Gasteiger partial charge < -0.3 is 5.32 Å². The molecule has 0 atom stereocenters. The molecule has 1 N–H and O–H groups in total. The second-order valence-corrected chi connectivity index (χ2v) is 2.03. The molecule has 0 aromatic carbocycles. The van der Waals surface area contributed by atoms with Crippen LogP contribution >= 0.6 is 0 Å². The Morgan fingerprint density at radius 2 is 2.44 bits per heavy atom. The zero-order valence-electron chi connectivity index (χ0n) is 5.35. The first-order valence-electron chi connectivity index (χ1n) is 2.92. The predicted octanol–water partition coefficient (Wildman–Crippen LogP) is 0.966. The van der Waals surface area contributed by atoms with Crippen LogP contribution < -0.4 is 5.32 Å². The fraction of sp³-hybridized carbons (Fsp3) is 0.286. The molecule has 0 spiro atoms. The molecule has 1 aliphatic rings. The second kappa shape index (κ2) is 2.49. The van der Waals surface area contributed by atoms with Crippen LogP contribution in [0.15, 0.2) is 23.5 Å². The van der Waals surface area contributed by atoms with Gasteiger partial charge >= 0.3 is 0 Å². The lowest BCUT2D eigenvalue weighted by Crippen LogP contribution is -2.14. The number of carbonyl (C=O) groups is 1. The third kappa shape index (κ3) is 1.42. The van der Waals surface area contributed by atoms with Crippen molar-refractivity contribution in [1.29, 1.82) is 0 Å². The van der Waals surface area contributed by atoms with E-state index < -0.39 is 0 Å². The minimum Gasteiger partial charge on any atom is -0.357 e. The lowest BCUT2D eigenvalue weighted by Gasteiger charge is -2.08. The van der Waals surface area contributed by atoms with Crippen LogP contribution in [0.3, 0.4) is 0 Å². The number of hydrogen-bond acceptors (Lipinski definition) is 2. The van der Waals surface area contributed by atoms with Crippen molar-refractivity contribution in [2.75, 3.05) is 0 Å². The zero-order chi connectivity index (χ0) is 6.69. The van der Waals surface area contributed by atoms with E-state index in [1.54, 1.807) is 0 Å². The Morgan fingerprint density at radius 3 is 2.89 bits per heavy atom. The van der Waals surface area contributed by atoms with Crippen molar-refractivity contribution in [1.82, 2.24) is 5.32 Å². The molecule has 0 radical (unpaired) electrons. The number of hydrogen-bond donors (Lipinski definition) is 1. The fourth-order valence-corrected chi connectivity index (χ4v) is 0.770. The van der Waals surface area contributed by atoms with Crippen LogP contribution in [0.2, 0.25) is 0 Å². The molecule has 2 heteroatoms. The highest BCUT2D eigenvalue weighted by molar-refractivity contribution is 5.73. The van der Waals surface area contributed by atoms with E-state index in [1.807, 2.05) is 19.1 Å². The molecule has 0 fully saturated rings. The molecule has 0 unspecified atom stereocenters. The molecule has 0 bridgehead atoms. The van der Waals surface area contributed by atoms with E-state index in [0.717, 1.165) is 18.4 Å². The van der Waals surface area contributed by atoms with E-state index in [1.165, 1.54) is 0 Å². The summed E-state index contributed by atoms with van der Waals surface area (Å²) in [6, 6.07) is 0. The van der Waals surface area contributed by atoms with Crippen molar-refractivity contribution in [2.45, 2.75) is 13.3 Å². The standard InChI is InChI=1S/C7H9NO/c1-6-3-2-4-7(5-9)8-6/h3-5,8H,2H2,1H3. The molecule has 0 aromatic rings. The van der Waals surface area contributed by atoms with Gasteiger partial charge in [-0.05, 0) is 13.3 Å². The summed E-state index contributed by atoms with van der Waals surface area (Å²) in [6.07, 6.45) is 5.59. The molecule has 48 valence electrons. The molecule has 1 rings (SSSR count). The van der Waals surface area contributed by atoms with Crippen molar-refractivity contribution < 1.29 is 4.79 Å². The monoisotopic (exact) mass is 123 g/mol. The smallest absolute Gasteiger partial charge is 0.165 e. The minimum absolute atomic E-state index is 0.676. The highest BCUT2D eigenvalue weighted by atomic mass is 16.1. The van der Waals surface area contributed by atoms with E-state index in [2.05, 4.69) is 5.32 Å². The van der Waals surface area contributed by atoms with E-state index in [4.69, 9.17) is 0 Å². The van der Waals surface area contributed by atoms with Crippen molar-refractivity contribution in [2.24, 2.45) is 0 Å². The van der Waals surface area contributed by atoms with E-state index in [0.29, 0.717) is 5.70 Å². The van der Waals surface area contributed by atoms with Gasteiger partial charge in [0.15, 0.2) is 6.29 Å². The van der Waals surface area contributed by atoms with Crippen LogP contribution in [0, 0.1) is 0 Å². The first kappa shape index (κ1) is 6.08. The number of aldehydes is 1. The van der Waals surface area contributed by atoms with E-state index in [9.17, 15) is 4.79 Å². The Kier molecular flexibility index (Phi) is 1.68. The van der Waals surface area contributed by atoms with Crippen molar-refractivity contribution in [3.63, 3.8) is 0 Å². The molecule has 0 saturated carbocycles. The Labute approximate surface area is 54.3 Å². The number of dihydropyridines is 1. The average molecular weight is 123 g/mol. The van der Waals surface area contributed by atoms with Crippen LogP contribution in [0.4, 0.5) is 0 Å². The fourth-order valence-electron chi connectivity index (χ4n) is 0.770. The third-order valence-corrected chi connectivity index (χ3v) is 1.23. The Hall–Kier alpha value is -1.05. The number of allylic oxidation sites excluding steroid dienone is 4. The lowest BCUT2D eigenvalue weighted by molar-refractivity contribution is -0.105. The van der Waals surface area contributed by atoms with Crippen LogP contribution in [0.5, 0.6) is 0 Å². The van der Waals surface area contributed by atoms with Gasteiger partial charge in [0, 0.05) is 5.70 Å². The summed E-state index contributed by atoms with van der Waals surface area (Å²) in [6.45, 7) is 1.94. The summed E-state index contributed by atoms with van der Waals surface area (Å²) in [5.41, 5.74) is 1.73. The molecule has 1 heterocycles. The van der Waals surface area contributed by atoms with Gasteiger partial charge in [-0.25, -0.2) is 0 Å². The lowest BCUT2D eigenvalue weighted by atomic mass is 10.2. The van der Waals surface area contributed by atoms with Gasteiger partial charge in [0.05, 0.1) is 5.70 Å². The normalized spacial score (nSPS) is 17.4. The minimum atomic E-state index is 0.676. The summed E-state index contributed by atoms with van der Waals surface area (Å²) >= 11 is 0. The maximum atomic E-state index is 10.1. The van der Waals surface area contributed by atoms with Gasteiger partial charge in [0.2, 0.25) is 0 Å². The van der Waals surface area contributed by atoms with Gasteiger partial charge in [-0.2, -0.15) is 0 Å². The highest BCUT2D eigenvalue weighted by Gasteiger charge is 1.97. The number of rotatable bonds is 1. The SMILES string of the molecule is CC1=CCC=C(C=O)N1. The Bertz CT molecular complexity index is 179. The molecule has 9 heavy (non-hydrogen) atoms. The predicted molar refractivity (Wildman–Crippen MR) is 35.7 cm³/mol. The largest absolute Gasteiger partial charge is 0.357 e. The molecule has 0 saturated heterocycles. The maximum absolute atomic E-state index is 10.1. The van der Waals surface area contributed by atoms with Crippen LogP contribution in [0.1, 0.15) is 13.3 Å². The van der Waals surface area contributed by atoms with Gasteiger partial charge in [0.25, 0.3) is 0 Å². The van der Waals surface area contributed by atoms with Crippen LogP contribution in [-0.4, -0.2) is 6.29 Å². The highest BCUT2D eigenvalue weighted by Crippen LogP contribution is 2.03. The molecule has 0 amide bonds. The summed E-state index contributed by atoms with van der Waals surface area (Å²) in [7, 11) is 0. The second-order valence-electron chi connectivity index (χ2n) is 2.03. The summed E-state index contributed by atoms with van der Waals surface area (Å²) < 4.78 is 0. The van der Waals surface area contributed by atoms with Crippen molar-refractivity contribution >= 4 is 6.29 Å². The van der Waals surface area contributed by atoms with Crippen LogP contribution in [-0.2, 0) is 4.79 Å². The van der Waals surface area contributed by atoms with Gasteiger partial charge in [-0.15, -0.1) is 0 Å². The topological polar surface area (TPSA) is 29.1 Å². The molecule has 1 aliphatic heterocycles. The van der Waals surface area contributed by atoms with Crippen molar-refractivity contribution in [3.05, 3.63) is 23.5 Å². The van der Waals surface area contributed by atoms with Gasteiger partial charge in [-0.3, -0.25) is 4.79 Å². The molecule has 2 nitrogen and oxygen atoms in total. The number of carbonyl (C=O) groups excluding carboxylic acids is 1. The summed E-state index contributed by atoms with van der Waals surface area (Å²) in [4.78, 5) is 10.1. The average Bonchev–Trinajstić information content (AvgIpc) is 1.88. The quantitative estimate of drug-likeness (QED) is 0.526. The Balaban J connectivity index is 2.61. The zero-order valence-corrected chi connectivity index (χ0v) is 5.35. The third-order valence-electron chi connectivity index (χ3n) is 1.23. The first-order chi connectivity index (χ1) is 4.33. The first-order valence-corrected chi connectivity index (χ1v) is 2.92. The molecular formula is C7H9NO. The Morgan fingerprint density at radius 1 is 1.67 bits per heavy atom. The maximum Gasteiger partial charge on any atom is 0.165 e. The van der Waals surface area contributed by atoms with E-state index in [-0.39, 0.29) is 0 Å². The summed E-state index contributed by atoms with van der Waals surface area (Å²) in [5.74, 6) is 0. The summed E-state index contributed by atoms with van der Waals surface area (Å²) in [5, 5.41) is 2.92.